The molecule has 144 valence electrons. The van der Waals surface area contributed by atoms with Crippen LogP contribution < -0.4 is 19.7 Å². The number of hydrogen-bond donors (Lipinski definition) is 1. The summed E-state index contributed by atoms with van der Waals surface area (Å²) in [6.07, 6.45) is 4.29. The molecule has 1 N–H and O–H groups in total. The van der Waals surface area contributed by atoms with Crippen LogP contribution in [0.5, 0.6) is 11.5 Å². The van der Waals surface area contributed by atoms with Gasteiger partial charge in [-0.15, -0.1) is 0 Å². The molecule has 1 fully saturated rings. The van der Waals surface area contributed by atoms with Gasteiger partial charge in [-0.05, 0) is 58.8 Å². The number of pyridine rings is 1. The number of rotatable bonds is 5. The average Bonchev–Trinajstić information content (AvgIpc) is 2.67. The van der Waals surface area contributed by atoms with Crippen LogP contribution in [0, 0.1) is 0 Å². The van der Waals surface area contributed by atoms with Gasteiger partial charge in [0.15, 0.2) is 11.5 Å². The molecule has 1 aliphatic heterocycles. The van der Waals surface area contributed by atoms with Gasteiger partial charge in [-0.1, -0.05) is 0 Å². The van der Waals surface area contributed by atoms with Gasteiger partial charge in [0.05, 0.1) is 23.9 Å². The third-order valence-electron chi connectivity index (χ3n) is 3.87. The number of amides is 4. The highest BCUT2D eigenvalue weighted by Crippen LogP contribution is 2.37. The normalized spacial score (nSPS) is 15.6. The van der Waals surface area contributed by atoms with E-state index in [0.29, 0.717) is 33.8 Å². The molecule has 0 spiro atoms. The van der Waals surface area contributed by atoms with E-state index < -0.39 is 17.8 Å². The van der Waals surface area contributed by atoms with E-state index in [9.17, 15) is 14.4 Å². The second-order valence-corrected chi connectivity index (χ2v) is 6.48. The predicted octanol–water partition coefficient (Wildman–Crippen LogP) is 2.92. The summed E-state index contributed by atoms with van der Waals surface area (Å²) in [5, 5.41) is 2.17. The fourth-order valence-electron chi connectivity index (χ4n) is 2.66. The van der Waals surface area contributed by atoms with E-state index in [1.165, 1.54) is 37.7 Å². The van der Waals surface area contributed by atoms with Crippen LogP contribution in [0.15, 0.2) is 46.7 Å². The highest BCUT2D eigenvalue weighted by Gasteiger charge is 2.36. The summed E-state index contributed by atoms with van der Waals surface area (Å²) in [5.41, 5.74) is 0.644. The molecular formula is C19H16BrN3O5. The molecule has 0 bridgehead atoms. The van der Waals surface area contributed by atoms with E-state index in [2.05, 4.69) is 26.2 Å². The molecule has 9 heteroatoms. The SMILES string of the molecule is CCOc1c(Br)cc(/C=C2\C(=O)NC(=O)N(c3ccncc3)C2=O)cc1OC. The lowest BCUT2D eigenvalue weighted by Crippen LogP contribution is -2.54. The minimum atomic E-state index is -0.816. The Bertz CT molecular complexity index is 975. The molecule has 2 aromatic rings. The van der Waals surface area contributed by atoms with E-state index in [4.69, 9.17) is 9.47 Å². The summed E-state index contributed by atoms with van der Waals surface area (Å²) in [6, 6.07) is 5.51. The van der Waals surface area contributed by atoms with Crippen molar-refractivity contribution in [3.8, 4) is 11.5 Å². The lowest BCUT2D eigenvalue weighted by molar-refractivity contribution is -0.122. The van der Waals surface area contributed by atoms with Gasteiger partial charge < -0.3 is 9.47 Å². The average molecular weight is 446 g/mol. The number of anilines is 1. The number of halogens is 1. The number of urea groups is 1. The molecule has 0 unspecified atom stereocenters. The second kappa shape index (κ2) is 8.22. The first-order valence-corrected chi connectivity index (χ1v) is 9.07. The van der Waals surface area contributed by atoms with Crippen molar-refractivity contribution in [2.75, 3.05) is 18.6 Å². The van der Waals surface area contributed by atoms with Gasteiger partial charge in [0, 0.05) is 12.4 Å². The molecule has 0 atom stereocenters. The molecule has 3 rings (SSSR count). The van der Waals surface area contributed by atoms with Gasteiger partial charge in [-0.25, -0.2) is 9.69 Å². The van der Waals surface area contributed by atoms with E-state index >= 15 is 0 Å². The van der Waals surface area contributed by atoms with Crippen LogP contribution >= 0.6 is 15.9 Å². The Labute approximate surface area is 169 Å². The Kier molecular flexibility index (Phi) is 5.74. The zero-order valence-electron chi connectivity index (χ0n) is 15.1. The quantitative estimate of drug-likeness (QED) is 0.561. The van der Waals surface area contributed by atoms with E-state index in [0.717, 1.165) is 4.90 Å². The van der Waals surface area contributed by atoms with Crippen molar-refractivity contribution < 1.29 is 23.9 Å². The van der Waals surface area contributed by atoms with Gasteiger partial charge in [-0.2, -0.15) is 0 Å². The largest absolute Gasteiger partial charge is 0.493 e. The van der Waals surface area contributed by atoms with Crippen LogP contribution in [0.1, 0.15) is 12.5 Å². The first-order chi connectivity index (χ1) is 13.5. The Balaban J connectivity index is 2.03. The van der Waals surface area contributed by atoms with Gasteiger partial charge >= 0.3 is 6.03 Å². The topological polar surface area (TPSA) is 97.8 Å². The van der Waals surface area contributed by atoms with Crippen LogP contribution in [-0.2, 0) is 9.59 Å². The number of carbonyl (C=O) groups excluding carboxylic acids is 3. The Morgan fingerprint density at radius 1 is 1.21 bits per heavy atom. The minimum absolute atomic E-state index is 0.186. The first kappa shape index (κ1) is 19.6. The number of nitrogens with one attached hydrogen (secondary N) is 1. The highest BCUT2D eigenvalue weighted by atomic mass is 79.9. The Morgan fingerprint density at radius 3 is 2.57 bits per heavy atom. The van der Waals surface area contributed by atoms with Crippen LogP contribution in [0.2, 0.25) is 0 Å². The monoisotopic (exact) mass is 445 g/mol. The maximum absolute atomic E-state index is 12.8. The minimum Gasteiger partial charge on any atom is -0.493 e. The number of ether oxygens (including phenoxy) is 2. The zero-order chi connectivity index (χ0) is 20.3. The Morgan fingerprint density at radius 2 is 1.93 bits per heavy atom. The third-order valence-corrected chi connectivity index (χ3v) is 4.46. The van der Waals surface area contributed by atoms with Crippen molar-refractivity contribution >= 4 is 45.5 Å². The number of aromatic nitrogens is 1. The number of methoxy groups -OCH3 is 1. The molecule has 2 heterocycles. The number of imide groups is 2. The highest BCUT2D eigenvalue weighted by molar-refractivity contribution is 9.10. The number of carbonyl (C=O) groups is 3. The lowest BCUT2D eigenvalue weighted by atomic mass is 10.1. The van der Waals surface area contributed by atoms with E-state index in [-0.39, 0.29) is 5.57 Å². The van der Waals surface area contributed by atoms with Crippen LogP contribution in [-0.4, -0.2) is 36.5 Å². The van der Waals surface area contributed by atoms with Gasteiger partial charge in [0.1, 0.15) is 5.57 Å². The van der Waals surface area contributed by atoms with Crippen molar-refractivity contribution in [3.05, 3.63) is 52.3 Å². The van der Waals surface area contributed by atoms with Crippen molar-refractivity contribution in [2.45, 2.75) is 6.92 Å². The summed E-state index contributed by atoms with van der Waals surface area (Å²) in [4.78, 5) is 42.0. The predicted molar refractivity (Wildman–Crippen MR) is 105 cm³/mol. The molecule has 1 aromatic carbocycles. The fourth-order valence-corrected chi connectivity index (χ4v) is 3.23. The first-order valence-electron chi connectivity index (χ1n) is 8.28. The zero-order valence-corrected chi connectivity index (χ0v) is 16.6. The van der Waals surface area contributed by atoms with E-state index in [1.807, 2.05) is 6.92 Å². The van der Waals surface area contributed by atoms with Crippen molar-refractivity contribution in [1.29, 1.82) is 0 Å². The number of benzene rings is 1. The number of barbiturate groups is 1. The second-order valence-electron chi connectivity index (χ2n) is 5.63. The summed E-state index contributed by atoms with van der Waals surface area (Å²) >= 11 is 3.40. The van der Waals surface area contributed by atoms with Gasteiger partial charge in [0.25, 0.3) is 11.8 Å². The van der Waals surface area contributed by atoms with Crippen molar-refractivity contribution in [2.24, 2.45) is 0 Å². The standard InChI is InChI=1S/C19H16BrN3O5/c1-3-28-16-14(20)9-11(10-15(16)27-2)8-13-17(24)22-19(26)23(18(13)25)12-4-6-21-7-5-12/h4-10H,3H2,1-2H3,(H,22,24,26)/b13-8+. The molecule has 0 aliphatic carbocycles. The summed E-state index contributed by atoms with van der Waals surface area (Å²) in [7, 11) is 1.49. The van der Waals surface area contributed by atoms with Crippen LogP contribution in [0.4, 0.5) is 10.5 Å². The molecular weight excluding hydrogens is 430 g/mol. The summed E-state index contributed by atoms with van der Waals surface area (Å²) < 4.78 is 11.5. The summed E-state index contributed by atoms with van der Waals surface area (Å²) in [5.74, 6) is -0.554. The van der Waals surface area contributed by atoms with Gasteiger partial charge in [-0.3, -0.25) is 19.9 Å². The molecule has 0 radical (unpaired) electrons. The molecule has 4 amide bonds. The molecule has 0 saturated carbocycles. The molecule has 1 saturated heterocycles. The molecule has 1 aromatic heterocycles. The smallest absolute Gasteiger partial charge is 0.335 e. The van der Waals surface area contributed by atoms with Gasteiger partial charge in [0.2, 0.25) is 0 Å². The van der Waals surface area contributed by atoms with Crippen molar-refractivity contribution in [3.63, 3.8) is 0 Å². The van der Waals surface area contributed by atoms with Crippen LogP contribution in [0.3, 0.4) is 0 Å². The fraction of sp³-hybridized carbons (Fsp3) is 0.158. The maximum atomic E-state index is 12.8. The number of nitrogens with zero attached hydrogens (tertiary/aromatic N) is 2. The molecule has 28 heavy (non-hydrogen) atoms. The number of hydrogen-bond acceptors (Lipinski definition) is 6. The molecule has 1 aliphatic rings. The van der Waals surface area contributed by atoms with Crippen LogP contribution in [0.25, 0.3) is 6.08 Å². The molecule has 8 nitrogen and oxygen atoms in total. The third kappa shape index (κ3) is 3.74. The lowest BCUT2D eigenvalue weighted by Gasteiger charge is -2.26. The Hall–Kier alpha value is -3.20. The van der Waals surface area contributed by atoms with E-state index in [1.54, 1.807) is 12.1 Å². The summed E-state index contributed by atoms with van der Waals surface area (Å²) in [6.45, 7) is 2.29. The maximum Gasteiger partial charge on any atom is 0.335 e. The van der Waals surface area contributed by atoms with Crippen molar-refractivity contribution in [1.82, 2.24) is 10.3 Å².